The first-order valence-electron chi connectivity index (χ1n) is 7.03. The number of halogens is 1. The molecule has 0 aromatic heterocycles. The van der Waals surface area contributed by atoms with Gasteiger partial charge in [0.25, 0.3) is 0 Å². The third-order valence-electron chi connectivity index (χ3n) is 3.88. The highest BCUT2D eigenvalue weighted by Gasteiger charge is 2.25. The number of methoxy groups -OCH3 is 1. The van der Waals surface area contributed by atoms with E-state index < -0.39 is 10.7 Å². The van der Waals surface area contributed by atoms with Gasteiger partial charge in [0.15, 0.2) is 11.6 Å². The summed E-state index contributed by atoms with van der Waals surface area (Å²) >= 11 is 0. The molecule has 7 heteroatoms. The molecule has 1 aliphatic rings. The minimum Gasteiger partial charge on any atom is -0.490 e. The van der Waals surface area contributed by atoms with Crippen LogP contribution in [-0.4, -0.2) is 31.7 Å². The molecule has 2 rings (SSSR count). The molecule has 1 atom stereocenters. The lowest BCUT2D eigenvalue weighted by molar-refractivity contribution is -0.385. The van der Waals surface area contributed by atoms with E-state index in [2.05, 4.69) is 0 Å². The van der Waals surface area contributed by atoms with E-state index in [1.807, 2.05) is 4.90 Å². The molecule has 116 valence electrons. The maximum atomic E-state index is 14.2. The molecular formula is C14H20FN3O3. The Labute approximate surface area is 122 Å². The molecular weight excluding hydrogens is 277 g/mol. The molecule has 2 N–H and O–H groups in total. The van der Waals surface area contributed by atoms with Gasteiger partial charge in [-0.05, 0) is 31.7 Å². The average Bonchev–Trinajstić information content (AvgIpc) is 2.47. The zero-order valence-electron chi connectivity index (χ0n) is 12.0. The lowest BCUT2D eigenvalue weighted by Gasteiger charge is -2.34. The summed E-state index contributed by atoms with van der Waals surface area (Å²) in [6.07, 6.45) is 2.95. The Bertz CT molecular complexity index is 522. The average molecular weight is 297 g/mol. The fraction of sp³-hybridized carbons (Fsp3) is 0.571. The molecule has 1 aromatic carbocycles. The monoisotopic (exact) mass is 297 g/mol. The molecule has 1 aromatic rings. The number of nitrogens with two attached hydrogens (primary N) is 1. The first kappa shape index (κ1) is 15.5. The second kappa shape index (κ2) is 6.71. The van der Waals surface area contributed by atoms with Crippen LogP contribution in [0, 0.1) is 21.8 Å². The van der Waals surface area contributed by atoms with E-state index in [1.54, 1.807) is 0 Å². The summed E-state index contributed by atoms with van der Waals surface area (Å²) in [5.74, 6) is -0.0717. The zero-order chi connectivity index (χ0) is 15.4. The van der Waals surface area contributed by atoms with E-state index in [1.165, 1.54) is 13.2 Å². The van der Waals surface area contributed by atoms with Crippen LogP contribution in [0.5, 0.6) is 5.75 Å². The summed E-state index contributed by atoms with van der Waals surface area (Å²) in [6.45, 7) is 2.07. The highest BCUT2D eigenvalue weighted by Crippen LogP contribution is 2.35. The number of hydrogen-bond donors (Lipinski definition) is 1. The minimum atomic E-state index is -0.640. The van der Waals surface area contributed by atoms with E-state index in [-0.39, 0.29) is 11.4 Å². The van der Waals surface area contributed by atoms with Crippen LogP contribution in [0.4, 0.5) is 15.8 Å². The van der Waals surface area contributed by atoms with Gasteiger partial charge in [0.2, 0.25) is 0 Å². The Morgan fingerprint density at radius 1 is 1.57 bits per heavy atom. The first-order valence-corrected chi connectivity index (χ1v) is 7.03. The molecule has 0 aliphatic carbocycles. The lowest BCUT2D eigenvalue weighted by atomic mass is 9.94. The van der Waals surface area contributed by atoms with E-state index in [4.69, 9.17) is 10.5 Å². The van der Waals surface area contributed by atoms with Crippen LogP contribution in [0.2, 0.25) is 0 Å². The van der Waals surface area contributed by atoms with Crippen LogP contribution in [0.25, 0.3) is 0 Å². The molecule has 6 nitrogen and oxygen atoms in total. The molecule has 1 aliphatic heterocycles. The van der Waals surface area contributed by atoms with Crippen LogP contribution in [0.3, 0.4) is 0 Å². The van der Waals surface area contributed by atoms with Crippen molar-refractivity contribution in [1.29, 1.82) is 0 Å². The smallest absolute Gasteiger partial charge is 0.313 e. The van der Waals surface area contributed by atoms with Gasteiger partial charge >= 0.3 is 5.69 Å². The van der Waals surface area contributed by atoms with Crippen LogP contribution in [0.1, 0.15) is 19.3 Å². The molecule has 0 bridgehead atoms. The van der Waals surface area contributed by atoms with Crippen molar-refractivity contribution in [1.82, 2.24) is 0 Å². The predicted molar refractivity (Wildman–Crippen MR) is 78.2 cm³/mol. The number of nitrogens with zero attached hydrogens (tertiary/aromatic N) is 2. The van der Waals surface area contributed by atoms with Crippen molar-refractivity contribution < 1.29 is 14.1 Å². The summed E-state index contributed by atoms with van der Waals surface area (Å²) in [4.78, 5) is 12.2. The number of benzene rings is 1. The van der Waals surface area contributed by atoms with Crippen molar-refractivity contribution in [3.63, 3.8) is 0 Å². The van der Waals surface area contributed by atoms with E-state index in [9.17, 15) is 14.5 Å². The normalized spacial score (nSPS) is 18.6. The summed E-state index contributed by atoms with van der Waals surface area (Å²) < 4.78 is 19.2. The molecule has 1 saturated heterocycles. The molecule has 21 heavy (non-hydrogen) atoms. The van der Waals surface area contributed by atoms with Gasteiger partial charge in [0, 0.05) is 19.2 Å². The van der Waals surface area contributed by atoms with Gasteiger partial charge in [0.1, 0.15) is 0 Å². The van der Waals surface area contributed by atoms with Gasteiger partial charge in [-0.25, -0.2) is 4.39 Å². The van der Waals surface area contributed by atoms with Gasteiger partial charge < -0.3 is 15.4 Å². The Balaban J connectivity index is 2.28. The number of ether oxygens (including phenoxy) is 1. The standard InChI is InChI=1S/C14H20FN3O3/c1-21-14-8-12(11(15)7-13(14)18(19)20)17-6-2-3-10(9-17)4-5-16/h7-8,10H,2-6,9,16H2,1H3. The maximum Gasteiger partial charge on any atom is 0.313 e. The number of hydrogen-bond acceptors (Lipinski definition) is 5. The number of nitro benzene ring substituents is 1. The van der Waals surface area contributed by atoms with Crippen LogP contribution >= 0.6 is 0 Å². The van der Waals surface area contributed by atoms with Gasteiger partial charge in [-0.3, -0.25) is 10.1 Å². The zero-order valence-corrected chi connectivity index (χ0v) is 12.0. The topological polar surface area (TPSA) is 81.6 Å². The summed E-state index contributed by atoms with van der Waals surface area (Å²) in [5, 5.41) is 10.9. The highest BCUT2D eigenvalue weighted by atomic mass is 19.1. The Hall–Kier alpha value is -1.89. The van der Waals surface area contributed by atoms with Crippen LogP contribution < -0.4 is 15.4 Å². The Kier molecular flexibility index (Phi) is 4.95. The Morgan fingerprint density at radius 2 is 2.33 bits per heavy atom. The Morgan fingerprint density at radius 3 is 2.95 bits per heavy atom. The van der Waals surface area contributed by atoms with E-state index in [0.29, 0.717) is 18.2 Å². The molecule has 1 unspecified atom stereocenters. The number of anilines is 1. The van der Waals surface area contributed by atoms with Crippen molar-refractivity contribution >= 4 is 11.4 Å². The van der Waals surface area contributed by atoms with Crippen molar-refractivity contribution in [3.05, 3.63) is 28.1 Å². The molecule has 0 radical (unpaired) electrons. The van der Waals surface area contributed by atoms with Gasteiger partial charge in [-0.1, -0.05) is 0 Å². The second-order valence-corrected chi connectivity index (χ2v) is 5.26. The third-order valence-corrected chi connectivity index (χ3v) is 3.88. The number of rotatable bonds is 5. The summed E-state index contributed by atoms with van der Waals surface area (Å²) in [6, 6.07) is 2.35. The highest BCUT2D eigenvalue weighted by molar-refractivity contribution is 5.60. The van der Waals surface area contributed by atoms with Crippen LogP contribution in [-0.2, 0) is 0 Å². The molecule has 0 saturated carbocycles. The van der Waals surface area contributed by atoms with Crippen molar-refractivity contribution in [2.24, 2.45) is 11.7 Å². The third kappa shape index (κ3) is 3.41. The molecule has 0 amide bonds. The lowest BCUT2D eigenvalue weighted by Crippen LogP contribution is -2.36. The van der Waals surface area contributed by atoms with E-state index >= 15 is 0 Å². The van der Waals surface area contributed by atoms with Gasteiger partial charge in [-0.2, -0.15) is 0 Å². The molecule has 1 heterocycles. The largest absolute Gasteiger partial charge is 0.490 e. The number of piperidine rings is 1. The van der Waals surface area contributed by atoms with Crippen molar-refractivity contribution in [3.8, 4) is 5.75 Å². The predicted octanol–water partition coefficient (Wildman–Crippen LogP) is 2.31. The van der Waals surface area contributed by atoms with Crippen molar-refractivity contribution in [2.45, 2.75) is 19.3 Å². The van der Waals surface area contributed by atoms with E-state index in [0.717, 1.165) is 38.4 Å². The SMILES string of the molecule is COc1cc(N2CCCC(CCN)C2)c(F)cc1[N+](=O)[O-]. The fourth-order valence-corrected chi connectivity index (χ4v) is 2.84. The second-order valence-electron chi connectivity index (χ2n) is 5.26. The summed E-state index contributed by atoms with van der Waals surface area (Å²) in [7, 11) is 1.34. The molecule has 0 spiro atoms. The molecule has 1 fully saturated rings. The van der Waals surface area contributed by atoms with Crippen molar-refractivity contribution in [2.75, 3.05) is 31.6 Å². The number of nitro groups is 1. The maximum absolute atomic E-state index is 14.2. The van der Waals surface area contributed by atoms with Crippen LogP contribution in [0.15, 0.2) is 12.1 Å². The van der Waals surface area contributed by atoms with Gasteiger partial charge in [-0.15, -0.1) is 0 Å². The minimum absolute atomic E-state index is 0.0809. The fourth-order valence-electron chi connectivity index (χ4n) is 2.84. The van der Waals surface area contributed by atoms with Gasteiger partial charge in [0.05, 0.1) is 23.8 Å². The summed E-state index contributed by atoms with van der Waals surface area (Å²) in [5.41, 5.74) is 5.59. The first-order chi connectivity index (χ1) is 10.1. The quantitative estimate of drug-likeness (QED) is 0.666.